The first kappa shape index (κ1) is 8.32. The zero-order valence-corrected chi connectivity index (χ0v) is 7.76. The van der Waals surface area contributed by atoms with Crippen LogP contribution in [-0.2, 0) is 0 Å². The summed E-state index contributed by atoms with van der Waals surface area (Å²) in [5.74, 6) is 0. The topological polar surface area (TPSA) is 30.2 Å². The Kier molecular flexibility index (Phi) is 1.85. The highest BCUT2D eigenvalue weighted by atomic mass is 35.5. The van der Waals surface area contributed by atoms with Crippen LogP contribution in [0, 0.1) is 6.92 Å². The molecule has 1 aromatic heterocycles. The molecule has 0 saturated heterocycles. The number of para-hydroxylation sites is 1. The lowest BCUT2D eigenvalue weighted by Gasteiger charge is -2.00. The van der Waals surface area contributed by atoms with Gasteiger partial charge in [-0.2, -0.15) is 0 Å². The number of halogens is 1. The predicted octanol–water partition coefficient (Wildman–Crippen LogP) is 2.75. The van der Waals surface area contributed by atoms with Crippen molar-refractivity contribution in [2.45, 2.75) is 6.92 Å². The van der Waals surface area contributed by atoms with E-state index in [9.17, 15) is 4.79 Å². The molecular weight excluding hydrogens is 188 g/mol. The highest BCUT2D eigenvalue weighted by Crippen LogP contribution is 2.23. The fraction of sp³-hybridized carbons (Fsp3) is 0.100. The normalized spacial score (nSPS) is 10.6. The van der Waals surface area contributed by atoms with E-state index in [0.29, 0.717) is 16.2 Å². The van der Waals surface area contributed by atoms with Crippen molar-refractivity contribution in [3.8, 4) is 0 Å². The molecule has 0 saturated carbocycles. The van der Waals surface area contributed by atoms with Crippen molar-refractivity contribution < 1.29 is 4.42 Å². The van der Waals surface area contributed by atoms with Crippen LogP contribution >= 0.6 is 11.6 Å². The molecule has 0 amide bonds. The summed E-state index contributed by atoms with van der Waals surface area (Å²) in [6.45, 7) is 1.65. The summed E-state index contributed by atoms with van der Waals surface area (Å²) in [5, 5.41) is 1.26. The van der Waals surface area contributed by atoms with Gasteiger partial charge in [-0.25, -0.2) is 4.79 Å². The third kappa shape index (κ3) is 1.23. The molecule has 1 heterocycles. The van der Waals surface area contributed by atoms with Gasteiger partial charge < -0.3 is 4.42 Å². The lowest BCUT2D eigenvalue weighted by molar-refractivity contribution is 0.555. The van der Waals surface area contributed by atoms with Crippen LogP contribution in [0.2, 0.25) is 5.02 Å². The smallest absolute Gasteiger partial charge is 0.340 e. The predicted molar refractivity (Wildman–Crippen MR) is 52.2 cm³/mol. The molecule has 66 valence electrons. The van der Waals surface area contributed by atoms with Crippen LogP contribution < -0.4 is 5.63 Å². The Labute approximate surface area is 79.7 Å². The van der Waals surface area contributed by atoms with Gasteiger partial charge in [0.25, 0.3) is 0 Å². The summed E-state index contributed by atoms with van der Waals surface area (Å²) >= 11 is 5.97. The molecule has 0 aliphatic rings. The van der Waals surface area contributed by atoms with E-state index in [1.54, 1.807) is 19.1 Å². The molecule has 13 heavy (non-hydrogen) atoms. The van der Waals surface area contributed by atoms with Crippen LogP contribution in [-0.4, -0.2) is 0 Å². The molecule has 3 heteroatoms. The maximum absolute atomic E-state index is 11.2. The van der Waals surface area contributed by atoms with Gasteiger partial charge in [-0.1, -0.05) is 23.7 Å². The summed E-state index contributed by atoms with van der Waals surface area (Å²) in [7, 11) is 0. The van der Waals surface area contributed by atoms with Crippen LogP contribution in [0.15, 0.2) is 33.5 Å². The molecule has 2 rings (SSSR count). The van der Waals surface area contributed by atoms with Gasteiger partial charge in [0.1, 0.15) is 5.58 Å². The quantitative estimate of drug-likeness (QED) is 0.604. The van der Waals surface area contributed by atoms with E-state index in [-0.39, 0.29) is 5.63 Å². The minimum atomic E-state index is -0.372. The Morgan fingerprint density at radius 2 is 2.00 bits per heavy atom. The number of benzene rings is 1. The van der Waals surface area contributed by atoms with Crippen LogP contribution in [0.25, 0.3) is 11.0 Å². The SMILES string of the molecule is Cc1c(Cl)c2ccccc2oc1=O. The van der Waals surface area contributed by atoms with Gasteiger partial charge >= 0.3 is 5.63 Å². The van der Waals surface area contributed by atoms with Crippen LogP contribution in [0.1, 0.15) is 5.56 Å². The molecule has 0 aliphatic carbocycles. The second-order valence-corrected chi connectivity index (χ2v) is 3.20. The number of rotatable bonds is 0. The van der Waals surface area contributed by atoms with Gasteiger partial charge in [-0.05, 0) is 19.1 Å². The third-order valence-corrected chi connectivity index (χ3v) is 2.45. The van der Waals surface area contributed by atoms with E-state index < -0.39 is 0 Å². The fourth-order valence-electron chi connectivity index (χ4n) is 1.20. The van der Waals surface area contributed by atoms with E-state index in [2.05, 4.69) is 0 Å². The lowest BCUT2D eigenvalue weighted by Crippen LogP contribution is -2.03. The molecule has 2 aromatic rings. The second-order valence-electron chi connectivity index (χ2n) is 2.82. The molecule has 2 nitrogen and oxygen atoms in total. The molecule has 0 N–H and O–H groups in total. The van der Waals surface area contributed by atoms with Gasteiger partial charge in [-0.3, -0.25) is 0 Å². The Hall–Kier alpha value is -1.28. The summed E-state index contributed by atoms with van der Waals surface area (Å²) in [6.07, 6.45) is 0. The van der Waals surface area contributed by atoms with E-state index in [0.717, 1.165) is 5.39 Å². The molecule has 0 fully saturated rings. The van der Waals surface area contributed by atoms with Crippen molar-refractivity contribution in [1.82, 2.24) is 0 Å². The molecule has 1 aromatic carbocycles. The molecule has 0 spiro atoms. The minimum absolute atomic E-state index is 0.372. The first-order valence-electron chi connectivity index (χ1n) is 3.88. The Bertz CT molecular complexity index is 514. The van der Waals surface area contributed by atoms with Crippen molar-refractivity contribution in [2.75, 3.05) is 0 Å². The van der Waals surface area contributed by atoms with Crippen LogP contribution in [0.3, 0.4) is 0 Å². The average molecular weight is 195 g/mol. The summed E-state index contributed by atoms with van der Waals surface area (Å²) in [6, 6.07) is 7.21. The van der Waals surface area contributed by atoms with Crippen LogP contribution in [0.5, 0.6) is 0 Å². The van der Waals surface area contributed by atoms with E-state index in [1.807, 2.05) is 12.1 Å². The van der Waals surface area contributed by atoms with Crippen molar-refractivity contribution in [1.29, 1.82) is 0 Å². The largest absolute Gasteiger partial charge is 0.422 e. The van der Waals surface area contributed by atoms with Gasteiger partial charge in [0.05, 0.1) is 10.6 Å². The number of hydrogen-bond donors (Lipinski definition) is 0. The highest BCUT2D eigenvalue weighted by Gasteiger charge is 2.07. The maximum atomic E-state index is 11.2. The Balaban J connectivity index is 3.02. The first-order valence-corrected chi connectivity index (χ1v) is 4.26. The third-order valence-electron chi connectivity index (χ3n) is 1.96. The van der Waals surface area contributed by atoms with Crippen molar-refractivity contribution in [2.24, 2.45) is 0 Å². The van der Waals surface area contributed by atoms with E-state index in [1.165, 1.54) is 0 Å². The first-order chi connectivity index (χ1) is 6.20. The standard InChI is InChI=1S/C10H7ClO2/c1-6-9(11)7-4-2-3-5-8(7)13-10(6)12/h2-5H,1H3. The van der Waals surface area contributed by atoms with Gasteiger partial charge in [0, 0.05) is 5.39 Å². The second kappa shape index (κ2) is 2.89. The van der Waals surface area contributed by atoms with Crippen molar-refractivity contribution in [3.63, 3.8) is 0 Å². The monoisotopic (exact) mass is 194 g/mol. The Morgan fingerprint density at radius 1 is 1.31 bits per heavy atom. The lowest BCUT2D eigenvalue weighted by atomic mass is 10.2. The van der Waals surface area contributed by atoms with E-state index in [4.69, 9.17) is 16.0 Å². The van der Waals surface area contributed by atoms with E-state index >= 15 is 0 Å². The average Bonchev–Trinajstić information content (AvgIpc) is 2.15. The molecule has 0 radical (unpaired) electrons. The summed E-state index contributed by atoms with van der Waals surface area (Å²) in [4.78, 5) is 11.2. The zero-order valence-electron chi connectivity index (χ0n) is 7.00. The number of hydrogen-bond acceptors (Lipinski definition) is 2. The molecule has 0 bridgehead atoms. The van der Waals surface area contributed by atoms with Crippen LogP contribution in [0.4, 0.5) is 0 Å². The maximum Gasteiger partial charge on any atom is 0.340 e. The molecule has 0 unspecified atom stereocenters. The summed E-state index contributed by atoms with van der Waals surface area (Å²) < 4.78 is 5.03. The minimum Gasteiger partial charge on any atom is -0.422 e. The zero-order chi connectivity index (χ0) is 9.42. The molecule has 0 aliphatic heterocycles. The highest BCUT2D eigenvalue weighted by molar-refractivity contribution is 6.35. The van der Waals surface area contributed by atoms with Crippen molar-refractivity contribution in [3.05, 3.63) is 45.3 Å². The molecule has 0 atom stereocenters. The molecular formula is C10H7ClO2. The summed E-state index contributed by atoms with van der Waals surface area (Å²) in [5.41, 5.74) is 0.618. The van der Waals surface area contributed by atoms with Gasteiger partial charge in [-0.15, -0.1) is 0 Å². The fourth-order valence-corrected chi connectivity index (χ4v) is 1.44. The van der Waals surface area contributed by atoms with Gasteiger partial charge in [0.2, 0.25) is 0 Å². The Morgan fingerprint density at radius 3 is 2.77 bits per heavy atom. The van der Waals surface area contributed by atoms with Gasteiger partial charge in [0.15, 0.2) is 0 Å². The number of fused-ring (bicyclic) bond motifs is 1. The van der Waals surface area contributed by atoms with Crippen molar-refractivity contribution >= 4 is 22.6 Å².